The van der Waals surface area contributed by atoms with Crippen molar-refractivity contribution < 1.29 is 4.39 Å². The highest BCUT2D eigenvalue weighted by Gasteiger charge is 1.83. The highest BCUT2D eigenvalue weighted by molar-refractivity contribution is 5.36. The van der Waals surface area contributed by atoms with Crippen molar-refractivity contribution in [2.24, 2.45) is 0 Å². The van der Waals surface area contributed by atoms with Gasteiger partial charge in [-0.15, -0.1) is 5.73 Å². The van der Waals surface area contributed by atoms with Gasteiger partial charge in [0.1, 0.15) is 5.82 Å². The largest absolute Gasteiger partial charge is 0.399 e. The second-order valence-electron chi connectivity index (χ2n) is 1.80. The number of nitrogen functional groups attached to an aromatic ring is 1. The number of rotatable bonds is 0. The van der Waals surface area contributed by atoms with E-state index in [4.69, 9.17) is 5.73 Å². The van der Waals surface area contributed by atoms with E-state index in [-0.39, 0.29) is 5.82 Å². The third-order valence-corrected chi connectivity index (χ3v) is 0.870. The Balaban J connectivity index is 0.000000292. The summed E-state index contributed by atoms with van der Waals surface area (Å²) < 4.78 is 12.0. The average Bonchev–Trinajstić information content (AvgIpc) is 1.97. The highest BCUT2D eigenvalue weighted by atomic mass is 19.1. The summed E-state index contributed by atoms with van der Waals surface area (Å²) >= 11 is 0. The third kappa shape index (κ3) is 4.94. The predicted octanol–water partition coefficient (Wildman–Crippen LogP) is 2.37. The Labute approximate surface area is 65.7 Å². The van der Waals surface area contributed by atoms with Crippen molar-refractivity contribution in [3.63, 3.8) is 0 Å². The van der Waals surface area contributed by atoms with Crippen molar-refractivity contribution in [3.8, 4) is 0 Å². The van der Waals surface area contributed by atoms with Crippen molar-refractivity contribution in [1.29, 1.82) is 0 Å². The first-order chi connectivity index (χ1) is 5.20. The van der Waals surface area contributed by atoms with Gasteiger partial charge >= 0.3 is 0 Å². The standard InChI is InChI=1S/C6H6FN.C3H4/c7-5-1-3-6(8)4-2-5;1-3-2/h1-4H,8H2;1-2H2. The second kappa shape index (κ2) is 5.27. The zero-order chi connectivity index (χ0) is 8.69. The fraction of sp³-hybridized carbons (Fsp3) is 0. The molecule has 58 valence electrons. The van der Waals surface area contributed by atoms with E-state index in [1.54, 1.807) is 0 Å². The topological polar surface area (TPSA) is 26.0 Å². The number of hydrogen-bond acceptors (Lipinski definition) is 1. The molecule has 0 atom stereocenters. The van der Waals surface area contributed by atoms with Gasteiger partial charge in [-0.3, -0.25) is 0 Å². The van der Waals surface area contributed by atoms with Crippen molar-refractivity contribution in [3.05, 3.63) is 49.0 Å². The Morgan fingerprint density at radius 1 is 1.18 bits per heavy atom. The van der Waals surface area contributed by atoms with Gasteiger partial charge < -0.3 is 5.73 Å². The van der Waals surface area contributed by atoms with E-state index in [0.717, 1.165) is 0 Å². The van der Waals surface area contributed by atoms with Gasteiger partial charge in [0.25, 0.3) is 0 Å². The molecule has 2 N–H and O–H groups in total. The summed E-state index contributed by atoms with van der Waals surface area (Å²) in [7, 11) is 0. The first-order valence-corrected chi connectivity index (χ1v) is 3.01. The minimum absolute atomic E-state index is 0.251. The monoisotopic (exact) mass is 151 g/mol. The van der Waals surface area contributed by atoms with E-state index < -0.39 is 0 Å². The van der Waals surface area contributed by atoms with Gasteiger partial charge in [0.05, 0.1) is 0 Å². The quantitative estimate of drug-likeness (QED) is 0.447. The number of hydrogen-bond donors (Lipinski definition) is 1. The highest BCUT2D eigenvalue weighted by Crippen LogP contribution is 2.01. The summed E-state index contributed by atoms with van der Waals surface area (Å²) in [6.45, 7) is 6.25. The summed E-state index contributed by atoms with van der Waals surface area (Å²) in [5, 5.41) is 0. The normalized spacial score (nSPS) is 7.36. The molecule has 0 amide bonds. The lowest BCUT2D eigenvalue weighted by atomic mass is 10.3. The SMILES string of the molecule is C=C=C.Nc1ccc(F)cc1. The molecule has 0 aliphatic heterocycles. The van der Waals surface area contributed by atoms with Gasteiger partial charge in [0.2, 0.25) is 0 Å². The van der Waals surface area contributed by atoms with Gasteiger partial charge in [0.15, 0.2) is 0 Å². The van der Waals surface area contributed by atoms with Crippen LogP contribution in [0.3, 0.4) is 0 Å². The van der Waals surface area contributed by atoms with Gasteiger partial charge in [-0.1, -0.05) is 13.2 Å². The molecular formula is C9H10FN. The van der Waals surface area contributed by atoms with Crippen LogP contribution in [0, 0.1) is 5.82 Å². The minimum Gasteiger partial charge on any atom is -0.399 e. The van der Waals surface area contributed by atoms with E-state index in [1.165, 1.54) is 24.3 Å². The predicted molar refractivity (Wildman–Crippen MR) is 45.6 cm³/mol. The van der Waals surface area contributed by atoms with Gasteiger partial charge in [0, 0.05) is 5.69 Å². The van der Waals surface area contributed by atoms with Crippen LogP contribution in [0.1, 0.15) is 0 Å². The summed E-state index contributed by atoms with van der Waals surface area (Å²) in [6, 6.07) is 5.70. The minimum atomic E-state index is -0.251. The molecule has 1 nitrogen and oxygen atoms in total. The Morgan fingerprint density at radius 2 is 1.55 bits per heavy atom. The van der Waals surface area contributed by atoms with E-state index in [2.05, 4.69) is 18.9 Å². The van der Waals surface area contributed by atoms with Crippen molar-refractivity contribution in [2.75, 3.05) is 5.73 Å². The Bertz CT molecular complexity index is 211. The summed E-state index contributed by atoms with van der Waals surface area (Å²) in [6.07, 6.45) is 0. The molecule has 1 aromatic rings. The van der Waals surface area contributed by atoms with Crippen LogP contribution in [0.4, 0.5) is 10.1 Å². The number of anilines is 1. The molecule has 1 aromatic carbocycles. The lowest BCUT2D eigenvalue weighted by Crippen LogP contribution is -1.82. The van der Waals surface area contributed by atoms with Crippen molar-refractivity contribution >= 4 is 5.69 Å². The van der Waals surface area contributed by atoms with Crippen LogP contribution < -0.4 is 5.73 Å². The molecule has 0 bridgehead atoms. The van der Waals surface area contributed by atoms with Crippen molar-refractivity contribution in [1.82, 2.24) is 0 Å². The molecule has 1 rings (SSSR count). The molecule has 0 aromatic heterocycles. The van der Waals surface area contributed by atoms with E-state index in [0.29, 0.717) is 5.69 Å². The van der Waals surface area contributed by atoms with Gasteiger partial charge in [-0.2, -0.15) is 0 Å². The van der Waals surface area contributed by atoms with Crippen LogP contribution in [-0.4, -0.2) is 0 Å². The van der Waals surface area contributed by atoms with Crippen LogP contribution in [0.15, 0.2) is 43.2 Å². The van der Waals surface area contributed by atoms with Crippen LogP contribution >= 0.6 is 0 Å². The second-order valence-corrected chi connectivity index (χ2v) is 1.80. The number of benzene rings is 1. The summed E-state index contributed by atoms with van der Waals surface area (Å²) in [5.41, 5.74) is 8.10. The van der Waals surface area contributed by atoms with Crippen LogP contribution in [0.2, 0.25) is 0 Å². The first-order valence-electron chi connectivity index (χ1n) is 3.01. The van der Waals surface area contributed by atoms with E-state index in [9.17, 15) is 4.39 Å². The maximum atomic E-state index is 12.0. The number of halogens is 1. The lowest BCUT2D eigenvalue weighted by Gasteiger charge is -1.87. The molecule has 0 heterocycles. The van der Waals surface area contributed by atoms with Gasteiger partial charge in [-0.05, 0) is 24.3 Å². The number of nitrogens with two attached hydrogens (primary N) is 1. The maximum absolute atomic E-state index is 12.0. The average molecular weight is 151 g/mol. The van der Waals surface area contributed by atoms with Crippen LogP contribution in [0.5, 0.6) is 0 Å². The molecule has 0 saturated carbocycles. The summed E-state index contributed by atoms with van der Waals surface area (Å²) in [5.74, 6) is -0.251. The fourth-order valence-corrected chi connectivity index (χ4v) is 0.463. The zero-order valence-electron chi connectivity index (χ0n) is 6.18. The van der Waals surface area contributed by atoms with E-state index in [1.807, 2.05) is 0 Å². The van der Waals surface area contributed by atoms with Crippen LogP contribution in [0.25, 0.3) is 0 Å². The fourth-order valence-electron chi connectivity index (χ4n) is 0.463. The molecule has 0 spiro atoms. The maximum Gasteiger partial charge on any atom is 0.123 e. The lowest BCUT2D eigenvalue weighted by molar-refractivity contribution is 0.628. The third-order valence-electron chi connectivity index (χ3n) is 0.870. The smallest absolute Gasteiger partial charge is 0.123 e. The Morgan fingerprint density at radius 3 is 1.82 bits per heavy atom. The van der Waals surface area contributed by atoms with E-state index >= 15 is 0 Å². The Hall–Kier alpha value is -1.53. The first kappa shape index (κ1) is 9.47. The Kier molecular flexibility index (Phi) is 4.54. The van der Waals surface area contributed by atoms with Crippen molar-refractivity contribution in [2.45, 2.75) is 0 Å². The molecule has 2 heteroatoms. The molecule has 0 unspecified atom stereocenters. The summed E-state index contributed by atoms with van der Waals surface area (Å²) in [4.78, 5) is 0. The molecule has 11 heavy (non-hydrogen) atoms. The zero-order valence-corrected chi connectivity index (χ0v) is 6.18. The van der Waals surface area contributed by atoms with Gasteiger partial charge in [-0.25, -0.2) is 4.39 Å². The molecule has 0 fully saturated rings. The van der Waals surface area contributed by atoms with Crippen LogP contribution in [-0.2, 0) is 0 Å². The molecule has 0 saturated heterocycles. The molecule has 0 aliphatic rings. The molecule has 0 aliphatic carbocycles. The molecule has 0 radical (unpaired) electrons. The molecular weight excluding hydrogens is 141 g/mol.